The van der Waals surface area contributed by atoms with Crippen molar-refractivity contribution < 1.29 is 9.53 Å². The van der Waals surface area contributed by atoms with E-state index in [0.717, 1.165) is 3.57 Å². The zero-order valence-corrected chi connectivity index (χ0v) is 11.1. The third kappa shape index (κ3) is 4.28. The first-order chi connectivity index (χ1) is 7.63. The molecule has 4 nitrogen and oxygen atoms in total. The lowest BCUT2D eigenvalue weighted by atomic mass is 10.3. The average Bonchev–Trinajstić information content (AvgIpc) is 2.29. The molecule has 86 valence electrons. The van der Waals surface area contributed by atoms with Crippen LogP contribution in [0.15, 0.2) is 31.0 Å². The van der Waals surface area contributed by atoms with E-state index in [9.17, 15) is 4.79 Å². The molecule has 0 saturated heterocycles. The summed E-state index contributed by atoms with van der Waals surface area (Å²) in [7, 11) is 0. The molecule has 0 aliphatic carbocycles. The average molecular weight is 332 g/mol. The first-order valence-corrected chi connectivity index (χ1v) is 5.86. The number of anilines is 1. The number of nitrogens with one attached hydrogen (secondary N) is 1. The summed E-state index contributed by atoms with van der Waals surface area (Å²) < 4.78 is 6.21. The number of pyridine rings is 1. The van der Waals surface area contributed by atoms with Gasteiger partial charge in [0, 0.05) is 9.77 Å². The van der Waals surface area contributed by atoms with Crippen LogP contribution in [-0.4, -0.2) is 23.6 Å². The van der Waals surface area contributed by atoms with Crippen LogP contribution in [0.2, 0.25) is 0 Å². The number of nitrogens with zero attached hydrogens (tertiary/aromatic N) is 1. The zero-order valence-electron chi connectivity index (χ0n) is 8.94. The summed E-state index contributed by atoms with van der Waals surface area (Å²) in [5, 5.41) is 2.67. The van der Waals surface area contributed by atoms with Crippen LogP contribution >= 0.6 is 22.6 Å². The van der Waals surface area contributed by atoms with Gasteiger partial charge in [0.1, 0.15) is 11.9 Å². The fourth-order valence-electron chi connectivity index (χ4n) is 0.966. The number of hydrogen-bond acceptors (Lipinski definition) is 3. The maximum absolute atomic E-state index is 11.6. The molecule has 0 aliphatic heterocycles. The molecule has 1 atom stereocenters. The highest BCUT2D eigenvalue weighted by Gasteiger charge is 2.12. The number of halogens is 1. The molecule has 1 rings (SSSR count). The van der Waals surface area contributed by atoms with Gasteiger partial charge in [-0.25, -0.2) is 4.98 Å². The maximum Gasteiger partial charge on any atom is 0.254 e. The highest BCUT2D eigenvalue weighted by atomic mass is 127. The first-order valence-electron chi connectivity index (χ1n) is 4.78. The topological polar surface area (TPSA) is 51.2 Å². The molecule has 0 aliphatic rings. The number of aromatic nitrogens is 1. The van der Waals surface area contributed by atoms with E-state index in [1.807, 2.05) is 6.07 Å². The van der Waals surface area contributed by atoms with Crippen molar-refractivity contribution in [1.82, 2.24) is 4.98 Å². The van der Waals surface area contributed by atoms with Crippen molar-refractivity contribution in [2.24, 2.45) is 0 Å². The third-order valence-corrected chi connectivity index (χ3v) is 2.45. The number of carbonyl (C=O) groups is 1. The molecule has 1 amide bonds. The van der Waals surface area contributed by atoms with E-state index >= 15 is 0 Å². The fraction of sp³-hybridized carbons (Fsp3) is 0.273. The van der Waals surface area contributed by atoms with Gasteiger partial charge in [-0.15, -0.1) is 6.58 Å². The number of hydrogen-bond donors (Lipinski definition) is 1. The van der Waals surface area contributed by atoms with Crippen LogP contribution in [0.4, 0.5) is 5.82 Å². The zero-order chi connectivity index (χ0) is 12.0. The highest BCUT2D eigenvalue weighted by molar-refractivity contribution is 14.1. The second kappa shape index (κ2) is 6.59. The molecule has 1 aromatic rings. The molecule has 0 fully saturated rings. The summed E-state index contributed by atoms with van der Waals surface area (Å²) in [6, 6.07) is 3.62. The van der Waals surface area contributed by atoms with E-state index in [1.54, 1.807) is 25.3 Å². The Bertz CT molecular complexity index is 365. The second-order valence-electron chi connectivity index (χ2n) is 3.12. The Balaban J connectivity index is 2.50. The molecular formula is C11H13IN2O2. The summed E-state index contributed by atoms with van der Waals surface area (Å²) >= 11 is 2.15. The van der Waals surface area contributed by atoms with Gasteiger partial charge in [-0.2, -0.15) is 0 Å². The fourth-order valence-corrected chi connectivity index (χ4v) is 1.28. The lowest BCUT2D eigenvalue weighted by Gasteiger charge is -2.11. The van der Waals surface area contributed by atoms with Gasteiger partial charge >= 0.3 is 0 Å². The number of carbonyl (C=O) groups excluding carboxylic acids is 1. The molecule has 0 unspecified atom stereocenters. The molecule has 0 aromatic carbocycles. The van der Waals surface area contributed by atoms with Crippen LogP contribution in [0.1, 0.15) is 6.92 Å². The molecule has 5 heteroatoms. The minimum absolute atomic E-state index is 0.212. The predicted octanol–water partition coefficient (Wildman–Crippen LogP) is 2.22. The van der Waals surface area contributed by atoms with E-state index < -0.39 is 6.10 Å². The normalized spacial score (nSPS) is 11.9. The minimum atomic E-state index is -0.515. The van der Waals surface area contributed by atoms with Gasteiger partial charge in [0.15, 0.2) is 0 Å². The lowest BCUT2D eigenvalue weighted by Crippen LogP contribution is -2.28. The van der Waals surface area contributed by atoms with Crippen molar-refractivity contribution in [2.45, 2.75) is 13.0 Å². The second-order valence-corrected chi connectivity index (χ2v) is 4.36. The van der Waals surface area contributed by atoms with Gasteiger partial charge < -0.3 is 10.1 Å². The molecule has 1 aromatic heterocycles. The van der Waals surface area contributed by atoms with Crippen LogP contribution in [0.5, 0.6) is 0 Å². The standard InChI is InChI=1S/C11H13IN2O2/c1-3-6-16-8(2)11(15)14-10-5-4-9(12)7-13-10/h3-5,7-8H,1,6H2,2H3,(H,13,14,15)/t8-/m1/s1. The summed E-state index contributed by atoms with van der Waals surface area (Å²) in [5.74, 6) is 0.315. The molecule has 1 heterocycles. The molecule has 0 saturated carbocycles. The van der Waals surface area contributed by atoms with E-state index in [2.05, 4.69) is 39.5 Å². The Kier molecular flexibility index (Phi) is 5.41. The van der Waals surface area contributed by atoms with Crippen LogP contribution in [0.25, 0.3) is 0 Å². The van der Waals surface area contributed by atoms with Crippen molar-refractivity contribution in [3.63, 3.8) is 0 Å². The quantitative estimate of drug-likeness (QED) is 0.664. The molecular weight excluding hydrogens is 319 g/mol. The van der Waals surface area contributed by atoms with Crippen LogP contribution in [0, 0.1) is 3.57 Å². The van der Waals surface area contributed by atoms with Gasteiger partial charge in [0.25, 0.3) is 5.91 Å². The largest absolute Gasteiger partial charge is 0.365 e. The lowest BCUT2D eigenvalue weighted by molar-refractivity contribution is -0.125. The SMILES string of the molecule is C=CCO[C@H](C)C(=O)Nc1ccc(I)cn1. The Morgan fingerprint density at radius 2 is 2.50 bits per heavy atom. The molecule has 1 N–H and O–H groups in total. The summed E-state index contributed by atoms with van der Waals surface area (Å²) in [6.45, 7) is 5.56. The Labute approximate surface area is 108 Å². The van der Waals surface area contributed by atoms with Gasteiger partial charge in [0.2, 0.25) is 0 Å². The van der Waals surface area contributed by atoms with Crippen LogP contribution < -0.4 is 5.32 Å². The van der Waals surface area contributed by atoms with E-state index in [1.165, 1.54) is 0 Å². The smallest absolute Gasteiger partial charge is 0.254 e. The number of amides is 1. The van der Waals surface area contributed by atoms with Crippen LogP contribution in [-0.2, 0) is 9.53 Å². The highest BCUT2D eigenvalue weighted by Crippen LogP contribution is 2.07. The number of rotatable bonds is 5. The summed E-state index contributed by atoms with van der Waals surface area (Å²) in [5.41, 5.74) is 0. The van der Waals surface area contributed by atoms with Gasteiger partial charge in [-0.05, 0) is 41.6 Å². The predicted molar refractivity (Wildman–Crippen MR) is 71.2 cm³/mol. The Morgan fingerprint density at radius 1 is 1.75 bits per heavy atom. The van der Waals surface area contributed by atoms with Crippen molar-refractivity contribution >= 4 is 34.3 Å². The number of ether oxygens (including phenoxy) is 1. The Morgan fingerprint density at radius 3 is 3.06 bits per heavy atom. The molecule has 0 spiro atoms. The van der Waals surface area contributed by atoms with E-state index in [0.29, 0.717) is 12.4 Å². The molecule has 16 heavy (non-hydrogen) atoms. The summed E-state index contributed by atoms with van der Waals surface area (Å²) in [6.07, 6.45) is 2.78. The Hall–Kier alpha value is -0.950. The molecule has 0 radical (unpaired) electrons. The first kappa shape index (κ1) is 13.1. The van der Waals surface area contributed by atoms with Gasteiger partial charge in [0.05, 0.1) is 6.61 Å². The van der Waals surface area contributed by atoms with E-state index in [-0.39, 0.29) is 5.91 Å². The molecule has 0 bridgehead atoms. The monoisotopic (exact) mass is 332 g/mol. The summed E-state index contributed by atoms with van der Waals surface area (Å²) in [4.78, 5) is 15.7. The van der Waals surface area contributed by atoms with Crippen LogP contribution in [0.3, 0.4) is 0 Å². The van der Waals surface area contributed by atoms with Gasteiger partial charge in [-0.3, -0.25) is 4.79 Å². The minimum Gasteiger partial charge on any atom is -0.365 e. The van der Waals surface area contributed by atoms with E-state index in [4.69, 9.17) is 4.74 Å². The maximum atomic E-state index is 11.6. The van der Waals surface area contributed by atoms with Crippen molar-refractivity contribution in [2.75, 3.05) is 11.9 Å². The third-order valence-electron chi connectivity index (χ3n) is 1.81. The van der Waals surface area contributed by atoms with Crippen molar-refractivity contribution in [3.05, 3.63) is 34.6 Å². The van der Waals surface area contributed by atoms with Gasteiger partial charge in [-0.1, -0.05) is 6.08 Å². The van der Waals surface area contributed by atoms with Crippen molar-refractivity contribution in [3.8, 4) is 0 Å². The van der Waals surface area contributed by atoms with Crippen molar-refractivity contribution in [1.29, 1.82) is 0 Å².